The Balaban J connectivity index is 4.40. The van der Waals surface area contributed by atoms with Crippen LogP contribution in [0.1, 0.15) is 6.92 Å². The van der Waals surface area contributed by atoms with Crippen molar-refractivity contribution in [1.29, 1.82) is 0 Å². The average Bonchev–Trinajstić information content (AvgIpc) is 1.62. The lowest BCUT2D eigenvalue weighted by atomic mass is 10.4. The van der Waals surface area contributed by atoms with Crippen molar-refractivity contribution in [1.82, 2.24) is 0 Å². The Bertz CT molecular complexity index is 130. The summed E-state index contributed by atoms with van der Waals surface area (Å²) in [5.74, 6) is -2.22. The summed E-state index contributed by atoms with van der Waals surface area (Å²) in [5.41, 5.74) is 3.66. The van der Waals surface area contributed by atoms with Crippen LogP contribution in [0.25, 0.3) is 0 Å². The van der Waals surface area contributed by atoms with Gasteiger partial charge in [0, 0.05) is 5.70 Å². The first kappa shape index (κ1) is 8.26. The van der Waals surface area contributed by atoms with Gasteiger partial charge in [0.05, 0.1) is 0 Å². The van der Waals surface area contributed by atoms with Crippen molar-refractivity contribution in [3.63, 3.8) is 0 Å². The highest BCUT2D eigenvalue weighted by atomic mass is 19.4. The van der Waals surface area contributed by atoms with Gasteiger partial charge < -0.3 is 5.73 Å². The standard InChI is InChI=1S/C4H5F4N/c1-2(9)3(5)4(6,7)8/h9H2,1H3/b3-2+. The Labute approximate surface area is 49.1 Å². The monoisotopic (exact) mass is 143 g/mol. The van der Waals surface area contributed by atoms with Gasteiger partial charge in [0.1, 0.15) is 0 Å². The summed E-state index contributed by atoms with van der Waals surface area (Å²) < 4.78 is 45.2. The van der Waals surface area contributed by atoms with Crippen LogP contribution < -0.4 is 5.73 Å². The predicted molar refractivity (Wildman–Crippen MR) is 24.1 cm³/mol. The number of hydrogen-bond donors (Lipinski definition) is 1. The van der Waals surface area contributed by atoms with Gasteiger partial charge in [0.2, 0.25) is 5.83 Å². The highest BCUT2D eigenvalue weighted by molar-refractivity contribution is 5.05. The molecular weight excluding hydrogens is 138 g/mol. The van der Waals surface area contributed by atoms with Gasteiger partial charge in [-0.05, 0) is 6.92 Å². The Hall–Kier alpha value is -0.740. The maximum Gasteiger partial charge on any atom is 0.444 e. The van der Waals surface area contributed by atoms with E-state index in [9.17, 15) is 17.6 Å². The molecule has 0 atom stereocenters. The molecule has 0 fully saturated rings. The highest BCUT2D eigenvalue weighted by Gasteiger charge is 2.35. The van der Waals surface area contributed by atoms with Crippen molar-refractivity contribution < 1.29 is 17.6 Å². The molecule has 2 N–H and O–H groups in total. The second-order valence-corrected chi connectivity index (χ2v) is 1.49. The molecule has 0 spiro atoms. The molecule has 54 valence electrons. The molecule has 0 aromatic carbocycles. The van der Waals surface area contributed by atoms with Crippen LogP contribution in [0, 0.1) is 0 Å². The highest BCUT2D eigenvalue weighted by Crippen LogP contribution is 2.27. The average molecular weight is 143 g/mol. The van der Waals surface area contributed by atoms with Crippen molar-refractivity contribution in [3.8, 4) is 0 Å². The lowest BCUT2D eigenvalue weighted by molar-refractivity contribution is -0.109. The molecule has 1 nitrogen and oxygen atoms in total. The predicted octanol–water partition coefficient (Wildman–Crippen LogP) is 1.71. The summed E-state index contributed by atoms with van der Waals surface area (Å²) >= 11 is 0. The number of alkyl halides is 3. The molecule has 5 heteroatoms. The molecule has 0 rings (SSSR count). The van der Waals surface area contributed by atoms with Gasteiger partial charge in [-0.15, -0.1) is 0 Å². The van der Waals surface area contributed by atoms with Gasteiger partial charge >= 0.3 is 6.18 Å². The van der Waals surface area contributed by atoms with Crippen LogP contribution in [0.15, 0.2) is 11.5 Å². The van der Waals surface area contributed by atoms with Gasteiger partial charge in [-0.25, -0.2) is 0 Å². The Morgan fingerprint density at radius 3 is 1.67 bits per heavy atom. The molecule has 0 aliphatic rings. The topological polar surface area (TPSA) is 26.0 Å². The molecule has 0 amide bonds. The summed E-state index contributed by atoms with van der Waals surface area (Å²) in [6.45, 7) is 0.850. The van der Waals surface area contributed by atoms with E-state index in [0.29, 0.717) is 0 Å². The largest absolute Gasteiger partial charge is 0.444 e. The molecule has 0 saturated carbocycles. The Kier molecular flexibility index (Phi) is 2.06. The molecule has 0 aliphatic carbocycles. The van der Waals surface area contributed by atoms with Gasteiger partial charge in [-0.3, -0.25) is 0 Å². The molecule has 0 heterocycles. The minimum Gasteiger partial charge on any atom is -0.400 e. The summed E-state index contributed by atoms with van der Waals surface area (Å²) in [6, 6.07) is 0. The number of nitrogens with two attached hydrogens (primary N) is 1. The summed E-state index contributed by atoms with van der Waals surface area (Å²) in [5, 5.41) is 0. The third kappa shape index (κ3) is 2.34. The smallest absolute Gasteiger partial charge is 0.400 e. The number of halogens is 4. The van der Waals surface area contributed by atoms with E-state index < -0.39 is 17.7 Å². The van der Waals surface area contributed by atoms with Crippen LogP contribution in [0.2, 0.25) is 0 Å². The maximum absolute atomic E-state index is 11.7. The fourth-order valence-electron chi connectivity index (χ4n) is 0.224. The zero-order chi connectivity index (χ0) is 7.65. The van der Waals surface area contributed by atoms with E-state index in [2.05, 4.69) is 5.73 Å². The van der Waals surface area contributed by atoms with Crippen LogP contribution in [0.4, 0.5) is 17.6 Å². The lowest BCUT2D eigenvalue weighted by Crippen LogP contribution is -2.12. The van der Waals surface area contributed by atoms with Gasteiger partial charge in [-0.2, -0.15) is 17.6 Å². The lowest BCUT2D eigenvalue weighted by Gasteiger charge is -2.02. The molecule has 0 unspecified atom stereocenters. The molecular formula is C4H5F4N. The zero-order valence-electron chi connectivity index (χ0n) is 4.59. The third-order valence-electron chi connectivity index (χ3n) is 0.595. The minimum atomic E-state index is -4.93. The molecule has 9 heavy (non-hydrogen) atoms. The first-order chi connectivity index (χ1) is 3.85. The first-order valence-corrected chi connectivity index (χ1v) is 2.04. The Morgan fingerprint density at radius 2 is 1.67 bits per heavy atom. The van der Waals surface area contributed by atoms with Gasteiger partial charge in [-0.1, -0.05) is 0 Å². The maximum atomic E-state index is 11.7. The number of allylic oxidation sites excluding steroid dienone is 2. The van der Waals surface area contributed by atoms with E-state index in [0.717, 1.165) is 6.92 Å². The summed E-state index contributed by atoms with van der Waals surface area (Å²) in [7, 11) is 0. The summed E-state index contributed by atoms with van der Waals surface area (Å²) in [6.07, 6.45) is -4.93. The van der Waals surface area contributed by atoms with E-state index in [-0.39, 0.29) is 0 Å². The zero-order valence-corrected chi connectivity index (χ0v) is 4.59. The van der Waals surface area contributed by atoms with Crippen molar-refractivity contribution in [2.24, 2.45) is 5.73 Å². The SMILES string of the molecule is C/C(N)=C(\F)C(F)(F)F. The quantitative estimate of drug-likeness (QED) is 0.513. The van der Waals surface area contributed by atoms with E-state index in [4.69, 9.17) is 0 Å². The van der Waals surface area contributed by atoms with Crippen LogP contribution in [0.3, 0.4) is 0 Å². The number of rotatable bonds is 0. The third-order valence-corrected chi connectivity index (χ3v) is 0.595. The van der Waals surface area contributed by atoms with Gasteiger partial charge in [0.25, 0.3) is 0 Å². The second kappa shape index (κ2) is 2.24. The van der Waals surface area contributed by atoms with E-state index in [1.807, 2.05) is 0 Å². The van der Waals surface area contributed by atoms with Crippen LogP contribution in [-0.4, -0.2) is 6.18 Å². The van der Waals surface area contributed by atoms with E-state index >= 15 is 0 Å². The fraction of sp³-hybridized carbons (Fsp3) is 0.500. The van der Waals surface area contributed by atoms with Crippen LogP contribution in [0.5, 0.6) is 0 Å². The minimum absolute atomic E-state index is 0.845. The Morgan fingerprint density at radius 1 is 1.33 bits per heavy atom. The molecule has 0 aromatic rings. The molecule has 0 radical (unpaired) electrons. The summed E-state index contributed by atoms with van der Waals surface area (Å²) in [4.78, 5) is 0. The van der Waals surface area contributed by atoms with Crippen molar-refractivity contribution in [3.05, 3.63) is 11.5 Å². The molecule has 0 aliphatic heterocycles. The van der Waals surface area contributed by atoms with E-state index in [1.54, 1.807) is 0 Å². The second-order valence-electron chi connectivity index (χ2n) is 1.49. The van der Waals surface area contributed by atoms with Crippen molar-refractivity contribution in [2.45, 2.75) is 13.1 Å². The normalized spacial score (nSPS) is 15.2. The van der Waals surface area contributed by atoms with Crippen LogP contribution >= 0.6 is 0 Å². The molecule has 0 bridgehead atoms. The fourth-order valence-corrected chi connectivity index (χ4v) is 0.224. The first-order valence-electron chi connectivity index (χ1n) is 2.04. The van der Waals surface area contributed by atoms with Crippen molar-refractivity contribution >= 4 is 0 Å². The molecule has 0 saturated heterocycles. The van der Waals surface area contributed by atoms with Crippen molar-refractivity contribution in [2.75, 3.05) is 0 Å². The van der Waals surface area contributed by atoms with Gasteiger partial charge in [0.15, 0.2) is 0 Å². The van der Waals surface area contributed by atoms with Crippen LogP contribution in [-0.2, 0) is 0 Å². The van der Waals surface area contributed by atoms with E-state index in [1.165, 1.54) is 0 Å². The number of hydrogen-bond acceptors (Lipinski definition) is 1. The molecule has 0 aromatic heterocycles.